The molecule has 2 aromatic heterocycles. The average Bonchev–Trinajstić information content (AvgIpc) is 3.13. The summed E-state index contributed by atoms with van der Waals surface area (Å²) in [5.74, 6) is 0. The predicted molar refractivity (Wildman–Crippen MR) is 111 cm³/mol. The third kappa shape index (κ3) is 3.68. The molecule has 0 unspecified atom stereocenters. The molecular formula is C20H16BrN5O. The number of anilines is 2. The number of halogens is 1. The van der Waals surface area contributed by atoms with Gasteiger partial charge in [0.15, 0.2) is 5.65 Å². The van der Waals surface area contributed by atoms with E-state index in [2.05, 4.69) is 41.5 Å². The maximum Gasteiger partial charge on any atom is 0.323 e. The Hall–Kier alpha value is -3.19. The highest BCUT2D eigenvalue weighted by atomic mass is 79.9. The van der Waals surface area contributed by atoms with Crippen LogP contribution in [0.4, 0.5) is 16.2 Å². The number of amides is 2. The zero-order chi connectivity index (χ0) is 18.8. The van der Waals surface area contributed by atoms with Gasteiger partial charge in [0.05, 0.1) is 11.8 Å². The van der Waals surface area contributed by atoms with E-state index in [9.17, 15) is 4.79 Å². The van der Waals surface area contributed by atoms with Crippen molar-refractivity contribution >= 4 is 44.5 Å². The molecule has 0 fully saturated rings. The van der Waals surface area contributed by atoms with Crippen LogP contribution in [0.3, 0.4) is 0 Å². The van der Waals surface area contributed by atoms with Crippen molar-refractivity contribution in [1.29, 1.82) is 0 Å². The van der Waals surface area contributed by atoms with Gasteiger partial charge in [-0.05, 0) is 54.4 Å². The Labute approximate surface area is 164 Å². The molecule has 2 heterocycles. The number of imidazole rings is 1. The summed E-state index contributed by atoms with van der Waals surface area (Å²) in [6.07, 6.45) is 3.37. The number of fused-ring (bicyclic) bond motifs is 1. The summed E-state index contributed by atoms with van der Waals surface area (Å²) in [5, 5.41) is 5.71. The van der Waals surface area contributed by atoms with Gasteiger partial charge in [-0.25, -0.2) is 14.8 Å². The lowest BCUT2D eigenvalue weighted by atomic mass is 10.1. The molecule has 0 aliphatic carbocycles. The zero-order valence-electron chi connectivity index (χ0n) is 14.5. The monoisotopic (exact) mass is 421 g/mol. The summed E-state index contributed by atoms with van der Waals surface area (Å²) >= 11 is 3.42. The number of carbonyl (C=O) groups is 1. The van der Waals surface area contributed by atoms with Gasteiger partial charge in [0.25, 0.3) is 0 Å². The number of hydrogen-bond donors (Lipinski definition) is 3. The molecule has 0 radical (unpaired) electrons. The molecule has 3 N–H and O–H groups in total. The SMILES string of the molecule is Cc1cc(Br)ccc1NC(=O)Nc1ccc(-c2ccnc3nc[nH]c23)cc1. The molecule has 0 spiro atoms. The molecule has 134 valence electrons. The first-order chi connectivity index (χ1) is 13.1. The maximum absolute atomic E-state index is 12.3. The molecule has 2 amide bonds. The smallest absolute Gasteiger partial charge is 0.323 e. The second kappa shape index (κ2) is 7.20. The van der Waals surface area contributed by atoms with Crippen molar-refractivity contribution in [3.05, 3.63) is 71.1 Å². The molecule has 0 saturated heterocycles. The fourth-order valence-electron chi connectivity index (χ4n) is 2.87. The number of nitrogens with one attached hydrogen (secondary N) is 3. The van der Waals surface area contributed by atoms with Gasteiger partial charge in [-0.3, -0.25) is 0 Å². The Morgan fingerprint density at radius 3 is 2.63 bits per heavy atom. The lowest BCUT2D eigenvalue weighted by Gasteiger charge is -2.11. The highest BCUT2D eigenvalue weighted by Crippen LogP contribution is 2.26. The quantitative estimate of drug-likeness (QED) is 0.417. The van der Waals surface area contributed by atoms with Crippen LogP contribution in [0.5, 0.6) is 0 Å². The fourth-order valence-corrected chi connectivity index (χ4v) is 3.35. The molecule has 4 aromatic rings. The lowest BCUT2D eigenvalue weighted by Crippen LogP contribution is -2.19. The number of H-pyrrole nitrogens is 1. The number of aryl methyl sites for hydroxylation is 1. The van der Waals surface area contributed by atoms with Crippen LogP contribution >= 0.6 is 15.9 Å². The number of benzene rings is 2. The number of aromatic amines is 1. The van der Waals surface area contributed by atoms with E-state index < -0.39 is 0 Å². The number of carbonyl (C=O) groups excluding carboxylic acids is 1. The van der Waals surface area contributed by atoms with E-state index in [-0.39, 0.29) is 6.03 Å². The molecule has 7 heteroatoms. The standard InChI is InChI=1S/C20H16BrN5O/c1-12-10-14(21)4-7-17(12)26-20(27)25-15-5-2-13(3-6-15)16-8-9-22-19-18(16)23-11-24-19/h2-11H,1H3,(H,22,23,24)(H2,25,26,27). The van der Waals surface area contributed by atoms with Crippen molar-refractivity contribution in [2.24, 2.45) is 0 Å². The first-order valence-electron chi connectivity index (χ1n) is 8.33. The minimum Gasteiger partial charge on any atom is -0.343 e. The van der Waals surface area contributed by atoms with Crippen molar-refractivity contribution in [1.82, 2.24) is 15.0 Å². The van der Waals surface area contributed by atoms with Gasteiger partial charge in [-0.15, -0.1) is 0 Å². The molecule has 27 heavy (non-hydrogen) atoms. The van der Waals surface area contributed by atoms with Gasteiger partial charge < -0.3 is 15.6 Å². The molecular weight excluding hydrogens is 406 g/mol. The Morgan fingerprint density at radius 1 is 1.04 bits per heavy atom. The van der Waals surface area contributed by atoms with Crippen LogP contribution in [-0.2, 0) is 0 Å². The van der Waals surface area contributed by atoms with Crippen LogP contribution in [0, 0.1) is 6.92 Å². The van der Waals surface area contributed by atoms with Crippen LogP contribution in [0.1, 0.15) is 5.56 Å². The predicted octanol–water partition coefficient (Wildman–Crippen LogP) is 5.34. The van der Waals surface area contributed by atoms with Gasteiger partial charge in [0.1, 0.15) is 0 Å². The Bertz CT molecular complexity index is 1120. The fraction of sp³-hybridized carbons (Fsp3) is 0.0500. The van der Waals surface area contributed by atoms with Gasteiger partial charge >= 0.3 is 6.03 Å². The van der Waals surface area contributed by atoms with Gasteiger partial charge in [-0.2, -0.15) is 0 Å². The van der Waals surface area contributed by atoms with Crippen molar-refractivity contribution in [3.63, 3.8) is 0 Å². The van der Waals surface area contributed by atoms with Crippen molar-refractivity contribution < 1.29 is 4.79 Å². The van der Waals surface area contributed by atoms with Crippen LogP contribution in [0.15, 0.2) is 65.5 Å². The molecule has 0 atom stereocenters. The second-order valence-electron chi connectivity index (χ2n) is 6.08. The Morgan fingerprint density at radius 2 is 1.85 bits per heavy atom. The molecule has 0 saturated carbocycles. The Kier molecular flexibility index (Phi) is 4.60. The molecule has 4 rings (SSSR count). The number of aromatic nitrogens is 3. The van der Waals surface area contributed by atoms with Crippen LogP contribution < -0.4 is 10.6 Å². The number of pyridine rings is 1. The number of nitrogens with zero attached hydrogens (tertiary/aromatic N) is 2. The molecule has 0 bridgehead atoms. The first kappa shape index (κ1) is 17.2. The summed E-state index contributed by atoms with van der Waals surface area (Å²) in [5.41, 5.74) is 6.06. The van der Waals surface area contributed by atoms with E-state index in [1.807, 2.05) is 55.5 Å². The first-order valence-corrected chi connectivity index (χ1v) is 9.12. The van der Waals surface area contributed by atoms with Gasteiger partial charge in [0, 0.05) is 27.6 Å². The Balaban J connectivity index is 1.49. The molecule has 0 aliphatic rings. The van der Waals surface area contributed by atoms with Crippen molar-refractivity contribution in [2.45, 2.75) is 6.92 Å². The minimum atomic E-state index is -0.284. The van der Waals surface area contributed by atoms with E-state index in [0.717, 1.165) is 32.4 Å². The summed E-state index contributed by atoms with van der Waals surface area (Å²) in [7, 11) is 0. The highest BCUT2D eigenvalue weighted by molar-refractivity contribution is 9.10. The summed E-state index contributed by atoms with van der Waals surface area (Å²) < 4.78 is 0.976. The van der Waals surface area contributed by atoms with E-state index in [1.165, 1.54) is 0 Å². The topological polar surface area (TPSA) is 82.7 Å². The molecule has 6 nitrogen and oxygen atoms in total. The van der Waals surface area contributed by atoms with E-state index in [0.29, 0.717) is 11.3 Å². The average molecular weight is 422 g/mol. The summed E-state index contributed by atoms with van der Waals surface area (Å²) in [6.45, 7) is 1.94. The van der Waals surface area contributed by atoms with Crippen LogP contribution in [-0.4, -0.2) is 21.0 Å². The number of hydrogen-bond acceptors (Lipinski definition) is 3. The number of urea groups is 1. The third-order valence-electron chi connectivity index (χ3n) is 4.22. The van der Waals surface area contributed by atoms with Crippen LogP contribution in [0.2, 0.25) is 0 Å². The van der Waals surface area contributed by atoms with Crippen molar-refractivity contribution in [3.8, 4) is 11.1 Å². The van der Waals surface area contributed by atoms with E-state index >= 15 is 0 Å². The van der Waals surface area contributed by atoms with Gasteiger partial charge in [0.2, 0.25) is 0 Å². The highest BCUT2D eigenvalue weighted by Gasteiger charge is 2.08. The summed E-state index contributed by atoms with van der Waals surface area (Å²) in [6, 6.07) is 15.0. The van der Waals surface area contributed by atoms with Gasteiger partial charge in [-0.1, -0.05) is 28.1 Å². The summed E-state index contributed by atoms with van der Waals surface area (Å²) in [4.78, 5) is 23.8. The zero-order valence-corrected chi connectivity index (χ0v) is 16.0. The van der Waals surface area contributed by atoms with E-state index in [4.69, 9.17) is 0 Å². The van der Waals surface area contributed by atoms with Crippen LogP contribution in [0.25, 0.3) is 22.3 Å². The minimum absolute atomic E-state index is 0.284. The number of rotatable bonds is 3. The normalized spacial score (nSPS) is 10.7. The largest absolute Gasteiger partial charge is 0.343 e. The lowest BCUT2D eigenvalue weighted by molar-refractivity contribution is 0.262. The van der Waals surface area contributed by atoms with Crippen molar-refractivity contribution in [2.75, 3.05) is 10.6 Å². The maximum atomic E-state index is 12.3. The van der Waals surface area contributed by atoms with E-state index in [1.54, 1.807) is 12.5 Å². The second-order valence-corrected chi connectivity index (χ2v) is 6.99. The third-order valence-corrected chi connectivity index (χ3v) is 4.71. The molecule has 0 aliphatic heterocycles. The molecule has 2 aromatic carbocycles.